The molecule has 0 fully saturated rings. The number of aryl methyl sites for hydroxylation is 1. The molecule has 4 rings (SSSR count). The van der Waals surface area contributed by atoms with Gasteiger partial charge in [0.1, 0.15) is 0 Å². The summed E-state index contributed by atoms with van der Waals surface area (Å²) in [5, 5.41) is 4.82. The van der Waals surface area contributed by atoms with Crippen molar-refractivity contribution in [3.8, 4) is 10.6 Å². The fourth-order valence-corrected chi connectivity index (χ4v) is 4.81. The third-order valence-corrected chi connectivity index (χ3v) is 6.48. The lowest BCUT2D eigenvalue weighted by molar-refractivity contribution is -0.137. The molecule has 2 heterocycles. The highest BCUT2D eigenvalue weighted by Crippen LogP contribution is 2.35. The fourth-order valence-electron chi connectivity index (χ4n) is 3.41. The minimum atomic E-state index is -4.53. The van der Waals surface area contributed by atoms with Crippen LogP contribution >= 0.6 is 23.1 Å². The zero-order valence-corrected chi connectivity index (χ0v) is 17.5. The van der Waals surface area contributed by atoms with Crippen LogP contribution in [-0.4, -0.2) is 21.6 Å². The smallest absolute Gasteiger partial charge is 0.325 e. The molecule has 1 N–H and O–H groups in total. The second-order valence-electron chi connectivity index (χ2n) is 6.84. The van der Waals surface area contributed by atoms with E-state index >= 15 is 0 Å². The molecule has 4 nitrogen and oxygen atoms in total. The Balaban J connectivity index is 1.51. The zero-order chi connectivity index (χ0) is 21.1. The number of hydrogen-bond donors (Lipinski definition) is 1. The Hall–Kier alpha value is -2.39. The van der Waals surface area contributed by atoms with Crippen molar-refractivity contribution < 1.29 is 18.0 Å². The van der Waals surface area contributed by atoms with Crippen molar-refractivity contribution in [3.05, 3.63) is 58.6 Å². The number of nitrogens with one attached hydrogen (secondary N) is 1. The molecule has 0 bridgehead atoms. The van der Waals surface area contributed by atoms with Crippen molar-refractivity contribution >= 4 is 34.7 Å². The molecule has 30 heavy (non-hydrogen) atoms. The number of alkyl halides is 3. The Morgan fingerprint density at radius 3 is 2.67 bits per heavy atom. The van der Waals surface area contributed by atoms with Gasteiger partial charge in [0.2, 0.25) is 5.91 Å². The van der Waals surface area contributed by atoms with E-state index in [1.54, 1.807) is 11.3 Å². The number of amides is 1. The largest absolute Gasteiger partial charge is 0.418 e. The van der Waals surface area contributed by atoms with Crippen LogP contribution in [0, 0.1) is 0 Å². The van der Waals surface area contributed by atoms with E-state index in [-0.39, 0.29) is 11.4 Å². The van der Waals surface area contributed by atoms with Crippen LogP contribution in [0.4, 0.5) is 18.9 Å². The van der Waals surface area contributed by atoms with Gasteiger partial charge < -0.3 is 5.32 Å². The number of rotatable bonds is 5. The summed E-state index contributed by atoms with van der Waals surface area (Å²) in [7, 11) is 0. The summed E-state index contributed by atoms with van der Waals surface area (Å²) in [4.78, 5) is 22.7. The van der Waals surface area contributed by atoms with Crippen LogP contribution < -0.4 is 5.32 Å². The molecule has 0 spiro atoms. The number of anilines is 1. The summed E-state index contributed by atoms with van der Waals surface area (Å²) < 4.78 is 39.3. The highest BCUT2D eigenvalue weighted by molar-refractivity contribution is 7.99. The molecule has 156 valence electrons. The predicted molar refractivity (Wildman–Crippen MR) is 113 cm³/mol. The molecule has 3 aromatic rings. The Kier molecular flexibility index (Phi) is 6.10. The summed E-state index contributed by atoms with van der Waals surface area (Å²) in [5.41, 5.74) is 1.95. The third kappa shape index (κ3) is 4.67. The molecule has 2 aromatic heterocycles. The number of thiophene rings is 1. The van der Waals surface area contributed by atoms with Gasteiger partial charge in [0, 0.05) is 11.3 Å². The number of benzene rings is 1. The van der Waals surface area contributed by atoms with E-state index < -0.39 is 17.6 Å². The molecular formula is C21H18F3N3OS2. The standard InChI is InChI=1S/C21H18F3N3OS2/c22-21(23,24)14-7-2-4-9-16(14)25-18(28)12-30-20-26-15-8-3-1-6-13(15)19(27-20)17-10-5-11-29-17/h2,4-5,7,9-11H,1,3,6,8,12H2,(H,25,28). The average Bonchev–Trinajstić information content (AvgIpc) is 3.26. The van der Waals surface area contributed by atoms with Crippen LogP contribution in [-0.2, 0) is 23.8 Å². The molecule has 0 atom stereocenters. The van der Waals surface area contributed by atoms with Gasteiger partial charge in [0.05, 0.1) is 27.6 Å². The lowest BCUT2D eigenvalue weighted by Gasteiger charge is -2.18. The molecule has 1 aromatic carbocycles. The topological polar surface area (TPSA) is 54.9 Å². The Morgan fingerprint density at radius 2 is 1.90 bits per heavy atom. The van der Waals surface area contributed by atoms with Gasteiger partial charge in [-0.15, -0.1) is 11.3 Å². The first-order valence-electron chi connectivity index (χ1n) is 9.44. The molecule has 0 unspecified atom stereocenters. The van der Waals surface area contributed by atoms with Crippen molar-refractivity contribution in [2.24, 2.45) is 0 Å². The Bertz CT molecular complexity index is 1050. The monoisotopic (exact) mass is 449 g/mol. The van der Waals surface area contributed by atoms with Gasteiger partial charge in [-0.3, -0.25) is 4.79 Å². The van der Waals surface area contributed by atoms with Crippen molar-refractivity contribution in [1.82, 2.24) is 9.97 Å². The number of carbonyl (C=O) groups excluding carboxylic acids is 1. The van der Waals surface area contributed by atoms with Gasteiger partial charge in [-0.1, -0.05) is 30.0 Å². The fraction of sp³-hybridized carbons (Fsp3) is 0.286. The number of aromatic nitrogens is 2. The summed E-state index contributed by atoms with van der Waals surface area (Å²) in [6, 6.07) is 8.92. The highest BCUT2D eigenvalue weighted by atomic mass is 32.2. The number of fused-ring (bicyclic) bond motifs is 1. The van der Waals surface area contributed by atoms with Crippen molar-refractivity contribution in [2.45, 2.75) is 37.0 Å². The number of para-hydroxylation sites is 1. The number of thioether (sulfide) groups is 1. The van der Waals surface area contributed by atoms with Crippen molar-refractivity contribution in [3.63, 3.8) is 0 Å². The minimum absolute atomic E-state index is 0.0745. The summed E-state index contributed by atoms with van der Waals surface area (Å²) in [6.45, 7) is 0. The van der Waals surface area contributed by atoms with E-state index in [4.69, 9.17) is 0 Å². The van der Waals surface area contributed by atoms with E-state index in [2.05, 4.69) is 15.3 Å². The number of hydrogen-bond acceptors (Lipinski definition) is 5. The first-order chi connectivity index (χ1) is 14.4. The van der Waals surface area contributed by atoms with Crippen molar-refractivity contribution in [1.29, 1.82) is 0 Å². The number of nitrogens with zero attached hydrogens (tertiary/aromatic N) is 2. The summed E-state index contributed by atoms with van der Waals surface area (Å²) in [5.74, 6) is -0.606. The molecular weight excluding hydrogens is 431 g/mol. The van der Waals surface area contributed by atoms with Crippen LogP contribution in [0.1, 0.15) is 29.7 Å². The van der Waals surface area contributed by atoms with E-state index in [0.29, 0.717) is 5.16 Å². The van der Waals surface area contributed by atoms with Gasteiger partial charge in [-0.2, -0.15) is 13.2 Å². The molecule has 0 saturated carbocycles. The quantitative estimate of drug-likeness (QED) is 0.393. The molecule has 1 aliphatic carbocycles. The average molecular weight is 450 g/mol. The predicted octanol–water partition coefficient (Wildman–Crippen LogP) is 5.83. The summed E-state index contributed by atoms with van der Waals surface area (Å²) >= 11 is 2.74. The molecule has 1 amide bonds. The van der Waals surface area contributed by atoms with Crippen LogP contribution in [0.25, 0.3) is 10.6 Å². The molecule has 1 aliphatic rings. The first-order valence-corrected chi connectivity index (χ1v) is 11.3. The maximum absolute atomic E-state index is 13.1. The molecule has 0 saturated heterocycles. The Morgan fingerprint density at radius 1 is 1.10 bits per heavy atom. The van der Waals surface area contributed by atoms with Crippen LogP contribution in [0.3, 0.4) is 0 Å². The normalized spacial score (nSPS) is 13.7. The van der Waals surface area contributed by atoms with Crippen LogP contribution in [0.2, 0.25) is 0 Å². The maximum atomic E-state index is 13.1. The minimum Gasteiger partial charge on any atom is -0.325 e. The zero-order valence-electron chi connectivity index (χ0n) is 15.8. The van der Waals surface area contributed by atoms with E-state index in [0.717, 1.165) is 65.3 Å². The molecule has 0 aliphatic heterocycles. The molecule has 9 heteroatoms. The molecule has 0 radical (unpaired) electrons. The van der Waals surface area contributed by atoms with Crippen molar-refractivity contribution in [2.75, 3.05) is 11.1 Å². The SMILES string of the molecule is O=C(CSc1nc2c(c(-c3cccs3)n1)CCCC2)Nc1ccccc1C(F)(F)F. The van der Waals surface area contributed by atoms with E-state index in [1.165, 1.54) is 18.2 Å². The Labute approximate surface area is 180 Å². The first kappa shape index (κ1) is 20.9. The van der Waals surface area contributed by atoms with Gasteiger partial charge in [-0.05, 0) is 49.3 Å². The van der Waals surface area contributed by atoms with Crippen LogP contribution in [0.15, 0.2) is 46.9 Å². The summed E-state index contributed by atoms with van der Waals surface area (Å²) in [6.07, 6.45) is -0.569. The number of halogens is 3. The third-order valence-electron chi connectivity index (χ3n) is 4.76. The van der Waals surface area contributed by atoms with Gasteiger partial charge in [0.25, 0.3) is 0 Å². The number of carbonyl (C=O) groups is 1. The van der Waals surface area contributed by atoms with Gasteiger partial charge in [-0.25, -0.2) is 9.97 Å². The van der Waals surface area contributed by atoms with Gasteiger partial charge in [0.15, 0.2) is 5.16 Å². The maximum Gasteiger partial charge on any atom is 0.418 e. The van der Waals surface area contributed by atoms with E-state index in [9.17, 15) is 18.0 Å². The second kappa shape index (κ2) is 8.77. The second-order valence-corrected chi connectivity index (χ2v) is 8.73. The van der Waals surface area contributed by atoms with Crippen LogP contribution in [0.5, 0.6) is 0 Å². The highest BCUT2D eigenvalue weighted by Gasteiger charge is 2.33. The lowest BCUT2D eigenvalue weighted by atomic mass is 9.94. The van der Waals surface area contributed by atoms with Gasteiger partial charge >= 0.3 is 6.18 Å². The lowest BCUT2D eigenvalue weighted by Crippen LogP contribution is -2.18. The van der Waals surface area contributed by atoms with E-state index in [1.807, 2.05) is 17.5 Å².